The van der Waals surface area contributed by atoms with E-state index >= 15 is 0 Å². The maximum Gasteiger partial charge on any atom is 0.337 e. The molecule has 6 heteroatoms. The maximum atomic E-state index is 11.2. The van der Waals surface area contributed by atoms with Gasteiger partial charge in [-0.3, -0.25) is 4.90 Å². The molecule has 3 rings (SSSR count). The van der Waals surface area contributed by atoms with Gasteiger partial charge in [0.05, 0.1) is 23.6 Å². The fourth-order valence-corrected chi connectivity index (χ4v) is 2.64. The van der Waals surface area contributed by atoms with Crippen molar-refractivity contribution in [3.63, 3.8) is 0 Å². The minimum absolute atomic E-state index is 0.226. The van der Waals surface area contributed by atoms with Crippen LogP contribution in [-0.4, -0.2) is 50.1 Å². The third-order valence-corrected chi connectivity index (χ3v) is 3.67. The molecular formula is C15H17N3O3. The molecular weight excluding hydrogens is 270 g/mol. The highest BCUT2D eigenvalue weighted by Gasteiger charge is 2.20. The fraction of sp³-hybridized carbons (Fsp3) is 0.333. The number of rotatable bonds is 4. The number of hydrogen-bond donors (Lipinski definition) is 2. The molecule has 1 aromatic carbocycles. The van der Waals surface area contributed by atoms with Gasteiger partial charge >= 0.3 is 5.97 Å². The van der Waals surface area contributed by atoms with Crippen molar-refractivity contribution in [1.29, 1.82) is 0 Å². The van der Waals surface area contributed by atoms with Crippen molar-refractivity contribution in [3.8, 4) is 5.69 Å². The molecule has 1 aromatic heterocycles. The molecule has 2 heterocycles. The largest absolute Gasteiger partial charge is 0.478 e. The fourth-order valence-electron chi connectivity index (χ4n) is 2.64. The first-order valence-corrected chi connectivity index (χ1v) is 6.90. The van der Waals surface area contributed by atoms with Gasteiger partial charge in [0, 0.05) is 31.4 Å². The highest BCUT2D eigenvalue weighted by atomic mass is 16.4. The van der Waals surface area contributed by atoms with E-state index in [1.807, 2.05) is 6.20 Å². The van der Waals surface area contributed by atoms with Crippen LogP contribution in [0.3, 0.4) is 0 Å². The molecule has 0 spiro atoms. The van der Waals surface area contributed by atoms with Gasteiger partial charge in [-0.05, 0) is 18.6 Å². The predicted octanol–water partition coefficient (Wildman–Crippen LogP) is 1.14. The number of β-amino-alcohol motifs (C(OH)–C–C–N with tert-alkyl or cyclic N) is 1. The van der Waals surface area contributed by atoms with Crippen LogP contribution >= 0.6 is 0 Å². The van der Waals surface area contributed by atoms with Crippen molar-refractivity contribution in [1.82, 2.24) is 14.7 Å². The van der Waals surface area contributed by atoms with Crippen molar-refractivity contribution in [3.05, 3.63) is 47.8 Å². The Balaban J connectivity index is 1.80. The summed E-state index contributed by atoms with van der Waals surface area (Å²) < 4.78 is 1.59. The molecule has 0 unspecified atom stereocenters. The number of nitrogens with zero attached hydrogens (tertiary/aromatic N) is 3. The molecule has 110 valence electrons. The van der Waals surface area contributed by atoms with Crippen molar-refractivity contribution < 1.29 is 15.0 Å². The molecule has 0 radical (unpaired) electrons. The van der Waals surface area contributed by atoms with E-state index in [4.69, 9.17) is 0 Å². The molecule has 2 aromatic rings. The van der Waals surface area contributed by atoms with E-state index in [0.717, 1.165) is 18.5 Å². The molecule has 1 aliphatic rings. The predicted molar refractivity (Wildman–Crippen MR) is 76.4 cm³/mol. The van der Waals surface area contributed by atoms with Crippen LogP contribution in [0, 0.1) is 0 Å². The number of aliphatic hydroxyl groups excluding tert-OH is 1. The van der Waals surface area contributed by atoms with E-state index in [9.17, 15) is 15.0 Å². The van der Waals surface area contributed by atoms with Crippen LogP contribution in [0.2, 0.25) is 0 Å². The monoisotopic (exact) mass is 287 g/mol. The van der Waals surface area contributed by atoms with Crippen LogP contribution in [0.1, 0.15) is 22.3 Å². The van der Waals surface area contributed by atoms with Crippen LogP contribution in [-0.2, 0) is 6.54 Å². The van der Waals surface area contributed by atoms with E-state index in [1.54, 1.807) is 35.1 Å². The van der Waals surface area contributed by atoms with Gasteiger partial charge in [-0.2, -0.15) is 5.10 Å². The third kappa shape index (κ3) is 2.96. The number of benzene rings is 1. The Morgan fingerprint density at radius 3 is 2.90 bits per heavy atom. The maximum absolute atomic E-state index is 11.2. The Bertz CT molecular complexity index is 653. The summed E-state index contributed by atoms with van der Waals surface area (Å²) in [5.41, 5.74) is 1.78. The van der Waals surface area contributed by atoms with Crippen LogP contribution in [0.25, 0.3) is 5.69 Å². The Morgan fingerprint density at radius 1 is 1.38 bits per heavy atom. The van der Waals surface area contributed by atoms with Crippen molar-refractivity contribution in [2.75, 3.05) is 13.1 Å². The average molecular weight is 287 g/mol. The molecule has 1 atom stereocenters. The minimum Gasteiger partial charge on any atom is -0.478 e. The Kier molecular flexibility index (Phi) is 3.72. The van der Waals surface area contributed by atoms with E-state index in [-0.39, 0.29) is 11.7 Å². The first-order chi connectivity index (χ1) is 10.1. The summed E-state index contributed by atoms with van der Waals surface area (Å²) in [5.74, 6) is -0.967. The van der Waals surface area contributed by atoms with Crippen molar-refractivity contribution >= 4 is 5.97 Å². The number of para-hydroxylation sites is 1. The van der Waals surface area contributed by atoms with Crippen molar-refractivity contribution in [2.45, 2.75) is 19.1 Å². The molecule has 0 amide bonds. The smallest absolute Gasteiger partial charge is 0.337 e. The number of aromatic carboxylic acids is 1. The minimum atomic E-state index is -0.967. The summed E-state index contributed by atoms with van der Waals surface area (Å²) in [5, 5.41) is 23.0. The Morgan fingerprint density at radius 2 is 2.19 bits per heavy atom. The van der Waals surface area contributed by atoms with Crippen LogP contribution in [0.15, 0.2) is 36.7 Å². The SMILES string of the molecule is O=C(O)c1ccccc1-n1cc(CN2CC[C@H](O)C2)cn1. The van der Waals surface area contributed by atoms with Crippen molar-refractivity contribution in [2.24, 2.45) is 0 Å². The lowest BCUT2D eigenvalue weighted by atomic mass is 10.2. The zero-order valence-corrected chi connectivity index (χ0v) is 11.5. The van der Waals surface area contributed by atoms with Gasteiger partial charge in [0.25, 0.3) is 0 Å². The molecule has 0 aliphatic carbocycles. The average Bonchev–Trinajstić information content (AvgIpc) is 3.08. The summed E-state index contributed by atoms with van der Waals surface area (Å²) in [6.07, 6.45) is 4.14. The van der Waals surface area contributed by atoms with Gasteiger partial charge < -0.3 is 10.2 Å². The lowest BCUT2D eigenvalue weighted by Gasteiger charge is -2.12. The van der Waals surface area contributed by atoms with Gasteiger partial charge in [0.15, 0.2) is 0 Å². The molecule has 1 saturated heterocycles. The molecule has 1 fully saturated rings. The second-order valence-electron chi connectivity index (χ2n) is 5.29. The Hall–Kier alpha value is -2.18. The third-order valence-electron chi connectivity index (χ3n) is 3.67. The number of likely N-dealkylation sites (tertiary alicyclic amines) is 1. The molecule has 1 aliphatic heterocycles. The quantitative estimate of drug-likeness (QED) is 0.881. The molecule has 21 heavy (non-hydrogen) atoms. The summed E-state index contributed by atoms with van der Waals surface area (Å²) in [6.45, 7) is 2.27. The highest BCUT2D eigenvalue weighted by Crippen LogP contribution is 2.17. The zero-order valence-electron chi connectivity index (χ0n) is 11.5. The second-order valence-corrected chi connectivity index (χ2v) is 5.29. The van der Waals surface area contributed by atoms with Gasteiger partial charge in [0.1, 0.15) is 0 Å². The normalized spacial score (nSPS) is 19.0. The second kappa shape index (κ2) is 5.67. The summed E-state index contributed by atoms with van der Waals surface area (Å²) in [6, 6.07) is 6.79. The summed E-state index contributed by atoms with van der Waals surface area (Å²) >= 11 is 0. The Labute approximate surface area is 122 Å². The highest BCUT2D eigenvalue weighted by molar-refractivity contribution is 5.91. The number of aliphatic hydroxyl groups is 1. The first kappa shape index (κ1) is 13.8. The number of carboxylic acid groups (broad SMARTS) is 1. The van der Waals surface area contributed by atoms with Crippen LogP contribution < -0.4 is 0 Å². The molecule has 0 saturated carbocycles. The van der Waals surface area contributed by atoms with Crippen LogP contribution in [0.5, 0.6) is 0 Å². The van der Waals surface area contributed by atoms with E-state index in [2.05, 4.69) is 10.00 Å². The van der Waals surface area contributed by atoms with E-state index < -0.39 is 5.97 Å². The number of carbonyl (C=O) groups is 1. The number of aromatic nitrogens is 2. The van der Waals surface area contributed by atoms with Crippen LogP contribution in [0.4, 0.5) is 0 Å². The van der Waals surface area contributed by atoms with Gasteiger partial charge in [-0.25, -0.2) is 9.48 Å². The first-order valence-electron chi connectivity index (χ1n) is 6.90. The van der Waals surface area contributed by atoms with E-state index in [1.165, 1.54) is 0 Å². The standard InChI is InChI=1S/C15H17N3O3/c19-12-5-6-17(10-12)8-11-7-16-18(9-11)14-4-2-1-3-13(14)15(20)21/h1-4,7,9,12,19H,5-6,8,10H2,(H,20,21)/t12-/m0/s1. The van der Waals surface area contributed by atoms with Gasteiger partial charge in [-0.1, -0.05) is 12.1 Å². The molecule has 2 N–H and O–H groups in total. The topological polar surface area (TPSA) is 78.6 Å². The lowest BCUT2D eigenvalue weighted by Crippen LogP contribution is -2.21. The number of hydrogen-bond acceptors (Lipinski definition) is 4. The summed E-state index contributed by atoms with van der Waals surface area (Å²) in [4.78, 5) is 13.4. The van der Waals surface area contributed by atoms with Gasteiger partial charge in [-0.15, -0.1) is 0 Å². The molecule has 0 bridgehead atoms. The lowest BCUT2D eigenvalue weighted by molar-refractivity contribution is 0.0696. The number of carboxylic acids is 1. The summed E-state index contributed by atoms with van der Waals surface area (Å²) in [7, 11) is 0. The van der Waals surface area contributed by atoms with Gasteiger partial charge in [0.2, 0.25) is 0 Å². The van der Waals surface area contributed by atoms with E-state index in [0.29, 0.717) is 18.8 Å². The zero-order chi connectivity index (χ0) is 14.8. The molecule has 6 nitrogen and oxygen atoms in total.